The summed E-state index contributed by atoms with van der Waals surface area (Å²) in [6.45, 7) is 7.13. The maximum atomic E-state index is 11.2. The van der Waals surface area contributed by atoms with Gasteiger partial charge in [-0.05, 0) is 43.0 Å². The Balaban J connectivity index is 1.41. The Labute approximate surface area is 148 Å². The third-order valence-corrected chi connectivity index (χ3v) is 5.41. The Morgan fingerprint density at radius 1 is 1.12 bits per heavy atom. The van der Waals surface area contributed by atoms with Gasteiger partial charge in [0.1, 0.15) is 0 Å². The van der Waals surface area contributed by atoms with Gasteiger partial charge in [0, 0.05) is 43.7 Å². The third-order valence-electron chi connectivity index (χ3n) is 4.43. The zero-order valence-corrected chi connectivity index (χ0v) is 15.0. The van der Waals surface area contributed by atoms with Gasteiger partial charge in [0.15, 0.2) is 0 Å². The van der Waals surface area contributed by atoms with Crippen LogP contribution in [0.5, 0.6) is 0 Å². The van der Waals surface area contributed by atoms with E-state index in [2.05, 4.69) is 50.8 Å². The lowest BCUT2D eigenvalue weighted by molar-refractivity contribution is -0.114. The highest BCUT2D eigenvalue weighted by Gasteiger charge is 2.16. The number of amides is 1. The van der Waals surface area contributed by atoms with Gasteiger partial charge in [0.25, 0.3) is 0 Å². The summed E-state index contributed by atoms with van der Waals surface area (Å²) < 4.78 is 0. The fourth-order valence-electron chi connectivity index (χ4n) is 3.17. The van der Waals surface area contributed by atoms with Gasteiger partial charge >= 0.3 is 0 Å². The van der Waals surface area contributed by atoms with Crippen molar-refractivity contribution in [3.05, 3.63) is 46.7 Å². The lowest BCUT2D eigenvalue weighted by Crippen LogP contribution is -2.46. The van der Waals surface area contributed by atoms with Gasteiger partial charge in [0.2, 0.25) is 5.91 Å². The molecule has 1 N–H and O–H groups in total. The molecule has 0 bridgehead atoms. The first kappa shape index (κ1) is 17.0. The summed E-state index contributed by atoms with van der Waals surface area (Å²) >= 11 is 1.73. The van der Waals surface area contributed by atoms with Crippen LogP contribution in [0.25, 0.3) is 0 Å². The van der Waals surface area contributed by atoms with Gasteiger partial charge in [-0.1, -0.05) is 18.2 Å². The van der Waals surface area contributed by atoms with Gasteiger partial charge in [-0.15, -0.1) is 11.3 Å². The average molecular weight is 343 g/mol. The van der Waals surface area contributed by atoms with Crippen molar-refractivity contribution in [1.82, 2.24) is 4.90 Å². The van der Waals surface area contributed by atoms with Gasteiger partial charge in [-0.3, -0.25) is 9.69 Å². The minimum Gasteiger partial charge on any atom is -0.369 e. The number of carbonyl (C=O) groups is 1. The summed E-state index contributed by atoms with van der Waals surface area (Å²) in [7, 11) is 0. The van der Waals surface area contributed by atoms with Crippen LogP contribution in [0.4, 0.5) is 11.4 Å². The molecule has 3 rings (SSSR count). The average Bonchev–Trinajstić information content (AvgIpc) is 3.03. The molecule has 0 atom stereocenters. The van der Waals surface area contributed by atoms with Crippen molar-refractivity contribution >= 4 is 28.6 Å². The minimum absolute atomic E-state index is 0.00619. The number of thiophene rings is 1. The zero-order chi connectivity index (χ0) is 16.8. The summed E-state index contributed by atoms with van der Waals surface area (Å²) in [6, 6.07) is 12.7. The van der Waals surface area contributed by atoms with Crippen LogP contribution >= 0.6 is 11.3 Å². The molecule has 2 heterocycles. The molecule has 1 aliphatic rings. The Morgan fingerprint density at radius 2 is 1.88 bits per heavy atom. The summed E-state index contributed by atoms with van der Waals surface area (Å²) in [5.41, 5.74) is 2.32. The first-order chi connectivity index (χ1) is 11.7. The molecule has 1 fully saturated rings. The number of hydrogen-bond donors (Lipinski definition) is 1. The summed E-state index contributed by atoms with van der Waals surface area (Å²) in [5.74, 6) is 0.00619. The highest BCUT2D eigenvalue weighted by Crippen LogP contribution is 2.24. The first-order valence-electron chi connectivity index (χ1n) is 8.58. The Hall–Kier alpha value is -1.85. The van der Waals surface area contributed by atoms with Crippen molar-refractivity contribution in [1.29, 1.82) is 0 Å². The van der Waals surface area contributed by atoms with E-state index in [9.17, 15) is 4.79 Å². The lowest BCUT2D eigenvalue weighted by Gasteiger charge is -2.36. The molecule has 1 amide bonds. The molecule has 1 aromatic heterocycles. The molecule has 1 aromatic carbocycles. The number of para-hydroxylation sites is 1. The van der Waals surface area contributed by atoms with Crippen molar-refractivity contribution in [2.24, 2.45) is 0 Å². The van der Waals surface area contributed by atoms with Crippen molar-refractivity contribution in [2.75, 3.05) is 42.9 Å². The molecule has 0 aliphatic carbocycles. The number of anilines is 2. The standard InChI is InChI=1S/C19H25N3OS/c1-16(23)20-18-9-15-24-19(18)8-5-10-21-11-13-22(14-12-21)17-6-3-2-4-7-17/h2-4,6-7,9,15H,5,8,10-14H2,1H3,(H,20,23). The monoisotopic (exact) mass is 343 g/mol. The largest absolute Gasteiger partial charge is 0.369 e. The van der Waals surface area contributed by atoms with Gasteiger partial charge in [0.05, 0.1) is 5.69 Å². The van der Waals surface area contributed by atoms with Crippen LogP contribution in [0.3, 0.4) is 0 Å². The van der Waals surface area contributed by atoms with Crippen LogP contribution in [0, 0.1) is 0 Å². The second-order valence-electron chi connectivity index (χ2n) is 6.21. The lowest BCUT2D eigenvalue weighted by atomic mass is 10.2. The van der Waals surface area contributed by atoms with Crippen molar-refractivity contribution in [3.8, 4) is 0 Å². The summed E-state index contributed by atoms with van der Waals surface area (Å²) in [5, 5.41) is 4.97. The predicted octanol–water partition coefficient (Wildman–Crippen LogP) is 3.46. The maximum Gasteiger partial charge on any atom is 0.221 e. The summed E-state index contributed by atoms with van der Waals surface area (Å²) in [6.07, 6.45) is 2.17. The molecule has 1 aliphatic heterocycles. The van der Waals surface area contributed by atoms with Gasteiger partial charge in [-0.25, -0.2) is 0 Å². The molecule has 24 heavy (non-hydrogen) atoms. The van der Waals surface area contributed by atoms with Crippen LogP contribution in [-0.2, 0) is 11.2 Å². The molecular formula is C19H25N3OS. The SMILES string of the molecule is CC(=O)Nc1ccsc1CCCN1CCN(c2ccccc2)CC1. The number of benzene rings is 1. The van der Waals surface area contributed by atoms with Gasteiger partial charge < -0.3 is 10.2 Å². The second kappa shape index (κ2) is 8.31. The Kier molecular flexibility index (Phi) is 5.88. The molecular weight excluding hydrogens is 318 g/mol. The Bertz CT molecular complexity index is 648. The van der Waals surface area contributed by atoms with Crippen LogP contribution in [0.1, 0.15) is 18.2 Å². The maximum absolute atomic E-state index is 11.2. The highest BCUT2D eigenvalue weighted by molar-refractivity contribution is 7.10. The molecule has 2 aromatic rings. The van der Waals surface area contributed by atoms with Gasteiger partial charge in [-0.2, -0.15) is 0 Å². The van der Waals surface area contributed by atoms with E-state index in [1.807, 2.05) is 6.07 Å². The third kappa shape index (κ3) is 4.58. The number of nitrogens with zero attached hydrogens (tertiary/aromatic N) is 2. The molecule has 1 saturated heterocycles. The number of carbonyl (C=O) groups excluding carboxylic acids is 1. The molecule has 0 unspecified atom stereocenters. The van der Waals surface area contributed by atoms with Crippen LogP contribution in [0.15, 0.2) is 41.8 Å². The topological polar surface area (TPSA) is 35.6 Å². The number of rotatable bonds is 6. The number of nitrogens with one attached hydrogen (secondary N) is 1. The fourth-order valence-corrected chi connectivity index (χ4v) is 4.04. The smallest absolute Gasteiger partial charge is 0.221 e. The molecule has 128 valence electrons. The van der Waals surface area contributed by atoms with Crippen LogP contribution < -0.4 is 10.2 Å². The van der Waals surface area contributed by atoms with Crippen molar-refractivity contribution < 1.29 is 4.79 Å². The van der Waals surface area contributed by atoms with Crippen molar-refractivity contribution in [2.45, 2.75) is 19.8 Å². The van der Waals surface area contributed by atoms with E-state index in [0.29, 0.717) is 0 Å². The minimum atomic E-state index is 0.00619. The van der Waals surface area contributed by atoms with Crippen molar-refractivity contribution in [3.63, 3.8) is 0 Å². The van der Waals surface area contributed by atoms with Crippen LogP contribution in [-0.4, -0.2) is 43.5 Å². The molecule has 0 radical (unpaired) electrons. The first-order valence-corrected chi connectivity index (χ1v) is 9.46. The highest BCUT2D eigenvalue weighted by atomic mass is 32.1. The Morgan fingerprint density at radius 3 is 2.58 bits per heavy atom. The van der Waals surface area contributed by atoms with E-state index in [4.69, 9.17) is 0 Å². The molecule has 4 nitrogen and oxygen atoms in total. The van der Waals surface area contributed by atoms with E-state index < -0.39 is 0 Å². The van der Waals surface area contributed by atoms with E-state index >= 15 is 0 Å². The number of piperazine rings is 1. The normalized spacial score (nSPS) is 15.5. The van der Waals surface area contributed by atoms with E-state index in [0.717, 1.165) is 51.3 Å². The second-order valence-corrected chi connectivity index (χ2v) is 7.21. The quantitative estimate of drug-likeness (QED) is 0.872. The van der Waals surface area contributed by atoms with E-state index in [1.165, 1.54) is 10.6 Å². The summed E-state index contributed by atoms with van der Waals surface area (Å²) in [4.78, 5) is 17.5. The number of aryl methyl sites for hydroxylation is 1. The molecule has 0 spiro atoms. The van der Waals surface area contributed by atoms with E-state index in [1.54, 1.807) is 18.3 Å². The number of hydrogen-bond acceptors (Lipinski definition) is 4. The molecule has 0 saturated carbocycles. The van der Waals surface area contributed by atoms with E-state index in [-0.39, 0.29) is 5.91 Å². The predicted molar refractivity (Wildman–Crippen MR) is 102 cm³/mol. The molecule has 5 heteroatoms. The zero-order valence-electron chi connectivity index (χ0n) is 14.2. The van der Waals surface area contributed by atoms with Crippen LogP contribution in [0.2, 0.25) is 0 Å². The fraction of sp³-hybridized carbons (Fsp3) is 0.421.